The minimum Gasteiger partial charge on any atom is -0.317 e. The van der Waals surface area contributed by atoms with Gasteiger partial charge in [0.05, 0.1) is 0 Å². The van der Waals surface area contributed by atoms with E-state index in [9.17, 15) is 4.39 Å². The average Bonchev–Trinajstić information content (AvgIpc) is 2.47. The van der Waals surface area contributed by atoms with E-state index in [0.717, 1.165) is 30.5 Å². The molecule has 1 aromatic carbocycles. The van der Waals surface area contributed by atoms with E-state index in [-0.39, 0.29) is 5.82 Å². The molecule has 0 radical (unpaired) electrons. The first-order valence-corrected chi connectivity index (χ1v) is 8.49. The van der Waals surface area contributed by atoms with Crippen molar-refractivity contribution in [3.05, 3.63) is 35.1 Å². The second-order valence-electron chi connectivity index (χ2n) is 7.00. The Labute approximate surface area is 129 Å². The molecule has 3 atom stereocenters. The van der Waals surface area contributed by atoms with Gasteiger partial charge >= 0.3 is 0 Å². The molecule has 1 saturated carbocycles. The van der Waals surface area contributed by atoms with Gasteiger partial charge < -0.3 is 5.32 Å². The molecule has 1 N–H and O–H groups in total. The summed E-state index contributed by atoms with van der Waals surface area (Å²) in [6, 6.07) is 5.86. The van der Waals surface area contributed by atoms with Crippen molar-refractivity contribution in [2.45, 2.75) is 52.9 Å². The van der Waals surface area contributed by atoms with Crippen LogP contribution in [-0.4, -0.2) is 13.1 Å². The number of aryl methyl sites for hydroxylation is 1. The number of halogens is 1. The average molecular weight is 291 g/mol. The topological polar surface area (TPSA) is 12.0 Å². The third-order valence-corrected chi connectivity index (χ3v) is 5.26. The summed E-state index contributed by atoms with van der Waals surface area (Å²) in [5, 5.41) is 3.49. The molecule has 3 unspecified atom stereocenters. The van der Waals surface area contributed by atoms with E-state index < -0.39 is 0 Å². The fourth-order valence-electron chi connectivity index (χ4n) is 3.69. The molecule has 1 fully saturated rings. The molecule has 0 bridgehead atoms. The van der Waals surface area contributed by atoms with Crippen LogP contribution in [0.1, 0.15) is 57.1 Å². The second kappa shape index (κ2) is 7.40. The van der Waals surface area contributed by atoms with Gasteiger partial charge in [0.1, 0.15) is 5.82 Å². The Morgan fingerprint density at radius 2 is 2.05 bits per heavy atom. The van der Waals surface area contributed by atoms with Gasteiger partial charge in [0.2, 0.25) is 0 Å². The molecule has 2 heteroatoms. The van der Waals surface area contributed by atoms with Gasteiger partial charge in [-0.15, -0.1) is 0 Å². The summed E-state index contributed by atoms with van der Waals surface area (Å²) in [4.78, 5) is 0. The first kappa shape index (κ1) is 16.5. The zero-order chi connectivity index (χ0) is 15.4. The highest BCUT2D eigenvalue weighted by Gasteiger charge is 2.32. The van der Waals surface area contributed by atoms with Crippen LogP contribution in [0.2, 0.25) is 0 Å². The molecule has 1 aliphatic carbocycles. The highest BCUT2D eigenvalue weighted by atomic mass is 19.1. The van der Waals surface area contributed by atoms with Crippen LogP contribution < -0.4 is 5.32 Å². The third-order valence-electron chi connectivity index (χ3n) is 5.26. The lowest BCUT2D eigenvalue weighted by Crippen LogP contribution is -2.33. The quantitative estimate of drug-likeness (QED) is 0.813. The van der Waals surface area contributed by atoms with Gasteiger partial charge in [-0.3, -0.25) is 0 Å². The number of hydrogen-bond donors (Lipinski definition) is 1. The molecule has 0 saturated heterocycles. The van der Waals surface area contributed by atoms with Crippen LogP contribution in [0, 0.1) is 30.5 Å². The maximum absolute atomic E-state index is 14.0. The van der Waals surface area contributed by atoms with Gasteiger partial charge in [0, 0.05) is 0 Å². The van der Waals surface area contributed by atoms with Crippen molar-refractivity contribution in [2.75, 3.05) is 13.1 Å². The van der Waals surface area contributed by atoms with Crippen molar-refractivity contribution >= 4 is 0 Å². The molecule has 1 nitrogen and oxygen atoms in total. The second-order valence-corrected chi connectivity index (χ2v) is 7.00. The fourth-order valence-corrected chi connectivity index (χ4v) is 3.69. The van der Waals surface area contributed by atoms with Crippen LogP contribution >= 0.6 is 0 Å². The van der Waals surface area contributed by atoms with Crippen molar-refractivity contribution in [3.63, 3.8) is 0 Å². The van der Waals surface area contributed by atoms with Gasteiger partial charge in [-0.2, -0.15) is 0 Å². The lowest BCUT2D eigenvalue weighted by atomic mass is 9.68. The summed E-state index contributed by atoms with van der Waals surface area (Å²) in [6.07, 6.45) is 3.78. The van der Waals surface area contributed by atoms with Crippen molar-refractivity contribution in [1.29, 1.82) is 0 Å². The summed E-state index contributed by atoms with van der Waals surface area (Å²) in [6.45, 7) is 10.7. The standard InChI is InChI=1S/C19H30FN/c1-5-21-12-17-9-8-15(13(2)3)10-18(17)16-7-6-14(4)19(20)11-16/h6-7,11,13,15,17-18,21H,5,8-10,12H2,1-4H3. The fraction of sp³-hybridized carbons (Fsp3) is 0.684. The Bertz CT molecular complexity index is 455. The van der Waals surface area contributed by atoms with E-state index in [4.69, 9.17) is 0 Å². The predicted molar refractivity (Wildman–Crippen MR) is 88.1 cm³/mol. The maximum atomic E-state index is 14.0. The molecule has 2 rings (SSSR count). The van der Waals surface area contributed by atoms with Gasteiger partial charge in [-0.25, -0.2) is 4.39 Å². The molecule has 118 valence electrons. The maximum Gasteiger partial charge on any atom is 0.126 e. The number of benzene rings is 1. The molecular weight excluding hydrogens is 261 g/mol. The van der Waals surface area contributed by atoms with Crippen molar-refractivity contribution in [1.82, 2.24) is 5.32 Å². The Morgan fingerprint density at radius 1 is 1.29 bits per heavy atom. The first-order valence-electron chi connectivity index (χ1n) is 8.49. The van der Waals surface area contributed by atoms with Gasteiger partial charge in [-0.05, 0) is 80.1 Å². The zero-order valence-electron chi connectivity index (χ0n) is 14.0. The molecule has 1 aromatic rings. The molecule has 0 aliphatic heterocycles. The molecule has 0 amide bonds. The van der Waals surface area contributed by atoms with Crippen LogP contribution in [0.4, 0.5) is 4.39 Å². The SMILES string of the molecule is CCNCC1CCC(C(C)C)CC1c1ccc(C)c(F)c1. The first-order chi connectivity index (χ1) is 10.0. The molecule has 0 aromatic heterocycles. The van der Waals surface area contributed by atoms with Gasteiger partial charge in [0.15, 0.2) is 0 Å². The summed E-state index contributed by atoms with van der Waals surface area (Å²) >= 11 is 0. The Morgan fingerprint density at radius 3 is 2.67 bits per heavy atom. The minimum atomic E-state index is -0.0543. The Hall–Kier alpha value is -0.890. The van der Waals surface area contributed by atoms with Gasteiger partial charge in [0.25, 0.3) is 0 Å². The summed E-state index contributed by atoms with van der Waals surface area (Å²) in [7, 11) is 0. The Balaban J connectivity index is 2.20. The Kier molecular flexibility index (Phi) is 5.80. The van der Waals surface area contributed by atoms with Crippen LogP contribution in [0.5, 0.6) is 0 Å². The van der Waals surface area contributed by atoms with E-state index in [1.165, 1.54) is 24.8 Å². The highest BCUT2D eigenvalue weighted by Crippen LogP contribution is 2.43. The van der Waals surface area contributed by atoms with Crippen molar-refractivity contribution in [3.8, 4) is 0 Å². The summed E-state index contributed by atoms with van der Waals surface area (Å²) in [5.74, 6) is 2.59. The van der Waals surface area contributed by atoms with Crippen LogP contribution in [-0.2, 0) is 0 Å². The van der Waals surface area contributed by atoms with E-state index in [1.54, 1.807) is 6.07 Å². The number of rotatable bonds is 5. The number of hydrogen-bond acceptors (Lipinski definition) is 1. The van der Waals surface area contributed by atoms with Crippen molar-refractivity contribution in [2.24, 2.45) is 17.8 Å². The van der Waals surface area contributed by atoms with E-state index in [2.05, 4.69) is 32.2 Å². The molecule has 21 heavy (non-hydrogen) atoms. The van der Waals surface area contributed by atoms with E-state index >= 15 is 0 Å². The number of nitrogens with one attached hydrogen (secondary N) is 1. The van der Waals surface area contributed by atoms with Crippen LogP contribution in [0.3, 0.4) is 0 Å². The van der Waals surface area contributed by atoms with E-state index in [1.807, 2.05) is 13.0 Å². The normalized spacial score (nSPS) is 26.3. The van der Waals surface area contributed by atoms with Crippen LogP contribution in [0.25, 0.3) is 0 Å². The molecule has 1 aliphatic rings. The largest absolute Gasteiger partial charge is 0.317 e. The third kappa shape index (κ3) is 4.06. The molecule has 0 heterocycles. The van der Waals surface area contributed by atoms with E-state index in [0.29, 0.717) is 11.8 Å². The zero-order valence-corrected chi connectivity index (χ0v) is 14.0. The molecule has 0 spiro atoms. The summed E-state index contributed by atoms with van der Waals surface area (Å²) in [5.41, 5.74) is 1.95. The van der Waals surface area contributed by atoms with Crippen LogP contribution in [0.15, 0.2) is 18.2 Å². The van der Waals surface area contributed by atoms with Crippen molar-refractivity contribution < 1.29 is 4.39 Å². The lowest BCUT2D eigenvalue weighted by molar-refractivity contribution is 0.191. The predicted octanol–water partition coefficient (Wildman–Crippen LogP) is 4.90. The lowest BCUT2D eigenvalue weighted by Gasteiger charge is -2.38. The summed E-state index contributed by atoms with van der Waals surface area (Å²) < 4.78 is 14.0. The minimum absolute atomic E-state index is 0.0543. The smallest absolute Gasteiger partial charge is 0.126 e. The monoisotopic (exact) mass is 291 g/mol. The highest BCUT2D eigenvalue weighted by molar-refractivity contribution is 5.27. The van der Waals surface area contributed by atoms with Gasteiger partial charge in [-0.1, -0.05) is 32.9 Å². The molecular formula is C19H30FN.